The molecule has 1 aliphatic heterocycles. The van der Waals surface area contributed by atoms with Crippen LogP contribution in [0.15, 0.2) is 9.72 Å². The minimum Gasteiger partial charge on any atom is -0.476 e. The average Bonchev–Trinajstić information content (AvgIpc) is 2.80. The van der Waals surface area contributed by atoms with Crippen molar-refractivity contribution in [3.8, 4) is 0 Å². The van der Waals surface area contributed by atoms with Crippen LogP contribution in [0.2, 0.25) is 0 Å². The van der Waals surface area contributed by atoms with Gasteiger partial charge in [0.1, 0.15) is 0 Å². The number of hydrogen-bond acceptors (Lipinski definition) is 6. The first-order valence-electron chi connectivity index (χ1n) is 4.78. The third-order valence-corrected chi connectivity index (χ3v) is 6.47. The third-order valence-electron chi connectivity index (χ3n) is 2.28. The van der Waals surface area contributed by atoms with Crippen molar-refractivity contribution in [2.45, 2.75) is 4.21 Å². The number of sulfonamides is 1. The van der Waals surface area contributed by atoms with Crippen LogP contribution in [0.5, 0.6) is 0 Å². The normalized spacial score (nSPS) is 18.1. The number of aromatic nitrogens is 1. The highest BCUT2D eigenvalue weighted by Gasteiger charge is 2.32. The topological polar surface area (TPSA) is 87.6 Å². The van der Waals surface area contributed by atoms with E-state index in [2.05, 4.69) is 4.98 Å². The molecule has 2 rings (SSSR count). The Morgan fingerprint density at radius 3 is 2.65 bits per heavy atom. The molecule has 0 amide bonds. The predicted octanol–water partition coefficient (Wildman–Crippen LogP) is 0.579. The highest BCUT2D eigenvalue weighted by Crippen LogP contribution is 2.26. The summed E-state index contributed by atoms with van der Waals surface area (Å²) in [6, 6.07) is 0. The number of nitrogens with zero attached hydrogens (tertiary/aromatic N) is 2. The van der Waals surface area contributed by atoms with Gasteiger partial charge in [0.15, 0.2) is 9.90 Å². The second-order valence-corrected chi connectivity index (χ2v) is 7.52. The summed E-state index contributed by atoms with van der Waals surface area (Å²) in [5.41, 5.74) is 0.864. The number of thioether (sulfide) groups is 1. The first-order chi connectivity index (χ1) is 8.03. The minimum atomic E-state index is -3.70. The molecule has 2 heterocycles. The molecule has 0 bridgehead atoms. The van der Waals surface area contributed by atoms with E-state index < -0.39 is 16.0 Å². The van der Waals surface area contributed by atoms with Crippen LogP contribution in [-0.4, -0.2) is 53.4 Å². The molecule has 0 unspecified atom stereocenters. The molecule has 94 valence electrons. The van der Waals surface area contributed by atoms with Gasteiger partial charge in [-0.3, -0.25) is 0 Å². The minimum absolute atomic E-state index is 0.170. The van der Waals surface area contributed by atoms with Gasteiger partial charge in [-0.15, -0.1) is 11.3 Å². The van der Waals surface area contributed by atoms with E-state index in [9.17, 15) is 13.2 Å². The van der Waals surface area contributed by atoms with Crippen molar-refractivity contribution in [2.24, 2.45) is 0 Å². The summed E-state index contributed by atoms with van der Waals surface area (Å²) in [6.45, 7) is 0.841. The summed E-state index contributed by atoms with van der Waals surface area (Å²) in [5, 5.41) is 8.87. The zero-order valence-corrected chi connectivity index (χ0v) is 11.1. The van der Waals surface area contributed by atoms with Crippen LogP contribution in [0.3, 0.4) is 0 Å². The van der Waals surface area contributed by atoms with Crippen LogP contribution in [-0.2, 0) is 10.0 Å². The SMILES string of the molecule is O=C(O)c1ncsc1S(=O)(=O)N1CCSCC1. The van der Waals surface area contributed by atoms with Gasteiger partial charge in [0.25, 0.3) is 10.0 Å². The first-order valence-corrected chi connectivity index (χ1v) is 8.25. The Labute approximate surface area is 107 Å². The fourth-order valence-electron chi connectivity index (χ4n) is 1.47. The smallest absolute Gasteiger partial charge is 0.356 e. The molecule has 1 saturated heterocycles. The number of hydrogen-bond donors (Lipinski definition) is 1. The van der Waals surface area contributed by atoms with Crippen LogP contribution in [0, 0.1) is 0 Å². The van der Waals surface area contributed by atoms with Crippen molar-refractivity contribution in [1.29, 1.82) is 0 Å². The van der Waals surface area contributed by atoms with Crippen LogP contribution < -0.4 is 0 Å². The third kappa shape index (κ3) is 2.46. The standard InChI is InChI=1S/C8H10N2O4S3/c11-7(12)6-8(16-5-9-6)17(13,14)10-1-3-15-4-2-10/h5H,1-4H2,(H,11,12). The number of carboxylic acid groups (broad SMARTS) is 1. The Bertz CT molecular complexity index is 519. The lowest BCUT2D eigenvalue weighted by Gasteiger charge is -2.24. The molecular weight excluding hydrogens is 284 g/mol. The zero-order valence-electron chi connectivity index (χ0n) is 8.70. The molecule has 9 heteroatoms. The Morgan fingerprint density at radius 1 is 1.41 bits per heavy atom. The van der Waals surface area contributed by atoms with Gasteiger partial charge in [-0.1, -0.05) is 0 Å². The average molecular weight is 294 g/mol. The molecule has 1 N–H and O–H groups in total. The molecular formula is C8H10N2O4S3. The molecule has 1 aromatic rings. The van der Waals surface area contributed by atoms with Crippen molar-refractivity contribution in [3.05, 3.63) is 11.2 Å². The summed E-state index contributed by atoms with van der Waals surface area (Å²) in [4.78, 5) is 14.5. The van der Waals surface area contributed by atoms with Gasteiger partial charge in [0, 0.05) is 24.6 Å². The highest BCUT2D eigenvalue weighted by atomic mass is 32.2. The van der Waals surface area contributed by atoms with Crippen LogP contribution >= 0.6 is 23.1 Å². The Morgan fingerprint density at radius 2 is 2.06 bits per heavy atom. The Balaban J connectivity index is 2.37. The van der Waals surface area contributed by atoms with Crippen molar-refractivity contribution >= 4 is 39.1 Å². The van der Waals surface area contributed by atoms with E-state index >= 15 is 0 Å². The van der Waals surface area contributed by atoms with E-state index in [-0.39, 0.29) is 9.90 Å². The van der Waals surface area contributed by atoms with E-state index in [0.29, 0.717) is 13.1 Å². The number of carbonyl (C=O) groups is 1. The predicted molar refractivity (Wildman–Crippen MR) is 65.2 cm³/mol. The Hall–Kier alpha value is -0.640. The van der Waals surface area contributed by atoms with E-state index in [0.717, 1.165) is 22.8 Å². The molecule has 1 aromatic heterocycles. The molecule has 0 aliphatic carbocycles. The van der Waals surface area contributed by atoms with Crippen molar-refractivity contribution in [2.75, 3.05) is 24.6 Å². The van der Waals surface area contributed by atoms with Gasteiger partial charge in [-0.25, -0.2) is 18.2 Å². The molecule has 17 heavy (non-hydrogen) atoms. The van der Waals surface area contributed by atoms with Gasteiger partial charge in [-0.05, 0) is 0 Å². The van der Waals surface area contributed by atoms with Crippen molar-refractivity contribution < 1.29 is 18.3 Å². The highest BCUT2D eigenvalue weighted by molar-refractivity contribution is 7.99. The lowest BCUT2D eigenvalue weighted by molar-refractivity contribution is 0.0687. The largest absolute Gasteiger partial charge is 0.476 e. The number of thiazole rings is 1. The van der Waals surface area contributed by atoms with Gasteiger partial charge in [-0.2, -0.15) is 16.1 Å². The maximum Gasteiger partial charge on any atom is 0.356 e. The molecule has 0 atom stereocenters. The quantitative estimate of drug-likeness (QED) is 0.877. The second-order valence-electron chi connectivity index (χ2n) is 3.31. The fraction of sp³-hybridized carbons (Fsp3) is 0.500. The first kappa shape index (κ1) is 12.8. The van der Waals surface area contributed by atoms with Gasteiger partial charge in [0.05, 0.1) is 5.51 Å². The van der Waals surface area contributed by atoms with Gasteiger partial charge < -0.3 is 5.11 Å². The van der Waals surface area contributed by atoms with E-state index in [1.165, 1.54) is 9.82 Å². The molecule has 6 nitrogen and oxygen atoms in total. The molecule has 0 spiro atoms. The Kier molecular flexibility index (Phi) is 3.71. The van der Waals surface area contributed by atoms with E-state index in [1.54, 1.807) is 11.8 Å². The van der Waals surface area contributed by atoms with Crippen molar-refractivity contribution in [1.82, 2.24) is 9.29 Å². The second kappa shape index (κ2) is 4.92. The fourth-order valence-corrected chi connectivity index (χ4v) is 5.32. The van der Waals surface area contributed by atoms with Crippen LogP contribution in [0.4, 0.5) is 0 Å². The summed E-state index contributed by atoms with van der Waals surface area (Å²) < 4.78 is 25.5. The molecule has 1 aliphatic rings. The van der Waals surface area contributed by atoms with Crippen molar-refractivity contribution in [3.63, 3.8) is 0 Å². The lowest BCUT2D eigenvalue weighted by atomic mass is 10.5. The monoisotopic (exact) mass is 294 g/mol. The molecule has 0 aromatic carbocycles. The number of aromatic carboxylic acids is 1. The van der Waals surface area contributed by atoms with Crippen LogP contribution in [0.25, 0.3) is 0 Å². The summed E-state index contributed by atoms with van der Waals surface area (Å²) in [5.74, 6) is 0.164. The molecule has 0 saturated carbocycles. The molecule has 0 radical (unpaired) electrons. The van der Waals surface area contributed by atoms with E-state index in [4.69, 9.17) is 5.11 Å². The summed E-state index contributed by atoms with van der Waals surface area (Å²) in [7, 11) is -3.70. The lowest BCUT2D eigenvalue weighted by Crippen LogP contribution is -2.38. The summed E-state index contributed by atoms with van der Waals surface area (Å²) >= 11 is 2.54. The maximum absolute atomic E-state index is 12.2. The number of carboxylic acids is 1. The zero-order chi connectivity index (χ0) is 12.5. The van der Waals surface area contributed by atoms with E-state index in [1.807, 2.05) is 0 Å². The molecule has 1 fully saturated rings. The summed E-state index contributed by atoms with van der Waals surface area (Å²) in [6.07, 6.45) is 0. The number of rotatable bonds is 3. The van der Waals surface area contributed by atoms with Gasteiger partial charge >= 0.3 is 5.97 Å². The maximum atomic E-state index is 12.2. The van der Waals surface area contributed by atoms with Crippen LogP contribution in [0.1, 0.15) is 10.5 Å². The van der Waals surface area contributed by atoms with Gasteiger partial charge in [0.2, 0.25) is 0 Å².